The summed E-state index contributed by atoms with van der Waals surface area (Å²) in [6.07, 6.45) is -10.9. The van der Waals surface area contributed by atoms with E-state index in [9.17, 15) is 31.1 Å². The van der Waals surface area contributed by atoms with E-state index in [2.05, 4.69) is 15.2 Å². The molecule has 0 aliphatic carbocycles. The number of benzene rings is 2. The predicted molar refractivity (Wildman–Crippen MR) is 140 cm³/mol. The van der Waals surface area contributed by atoms with Gasteiger partial charge < -0.3 is 19.5 Å². The first-order valence-corrected chi connectivity index (χ1v) is 13.1. The topological polar surface area (TPSA) is 70.8 Å². The Labute approximate surface area is 240 Å². The monoisotopic (exact) mass is 624 g/mol. The summed E-state index contributed by atoms with van der Waals surface area (Å²) in [5, 5.41) is 7.40. The zero-order valence-corrected chi connectivity index (χ0v) is 23.0. The van der Waals surface area contributed by atoms with Gasteiger partial charge in [-0.25, -0.2) is 4.39 Å². The van der Waals surface area contributed by atoms with Gasteiger partial charge in [-0.1, -0.05) is 34.4 Å². The summed E-state index contributed by atoms with van der Waals surface area (Å²) >= 11 is 12.5. The minimum Gasteiger partial charge on any atom is -0.423 e. The van der Waals surface area contributed by atoms with Crippen molar-refractivity contribution in [1.82, 2.24) is 15.4 Å². The van der Waals surface area contributed by atoms with Crippen LogP contribution in [0.4, 0.5) is 32.0 Å². The first-order chi connectivity index (χ1) is 19.3. The summed E-state index contributed by atoms with van der Waals surface area (Å²) in [4.78, 5) is 16.5. The van der Waals surface area contributed by atoms with Gasteiger partial charge in [0.2, 0.25) is 0 Å². The van der Waals surface area contributed by atoms with Crippen LogP contribution in [0.15, 0.2) is 40.9 Å². The van der Waals surface area contributed by atoms with E-state index in [-0.39, 0.29) is 30.0 Å². The largest absolute Gasteiger partial charge is 0.499 e. The number of piperazine rings is 1. The smallest absolute Gasteiger partial charge is 0.423 e. The lowest BCUT2D eigenvalue weighted by molar-refractivity contribution is -0.360. The molecule has 15 heteroatoms. The molecule has 1 aliphatic heterocycles. The summed E-state index contributed by atoms with van der Waals surface area (Å²) in [5.74, 6) is -2.03. The Hall–Kier alpha value is -3.16. The molecule has 0 radical (unpaired) electrons. The molecule has 0 atom stereocenters. The number of nitrogens with one attached hydrogen (secondary N) is 1. The molecule has 3 aromatic rings. The van der Waals surface area contributed by atoms with E-state index >= 15 is 0 Å². The summed E-state index contributed by atoms with van der Waals surface area (Å²) < 4.78 is 87.7. The maximum absolute atomic E-state index is 13.7. The number of nitrogens with zero attached hydrogens (tertiary/aromatic N) is 3. The molecule has 1 aliphatic rings. The number of amides is 1. The number of alkyl halides is 5. The van der Waals surface area contributed by atoms with Crippen LogP contribution in [0.3, 0.4) is 0 Å². The Morgan fingerprint density at radius 1 is 1.07 bits per heavy atom. The molecule has 222 valence electrons. The highest BCUT2D eigenvalue weighted by atomic mass is 35.5. The van der Waals surface area contributed by atoms with Gasteiger partial charge in [0.15, 0.2) is 5.75 Å². The third kappa shape index (κ3) is 7.02. The SMILES string of the molecule is Cc1onc(-c2c(Cl)cccc2Cl)c1C(=O)NCCCN1CCN(c2ccc(F)cc2OC(F)(F)C(F)(F)F)CC1. The van der Waals surface area contributed by atoms with Crippen LogP contribution in [0.5, 0.6) is 5.75 Å². The van der Waals surface area contributed by atoms with Gasteiger partial charge in [-0.2, -0.15) is 22.0 Å². The number of hydrogen-bond acceptors (Lipinski definition) is 6. The van der Waals surface area contributed by atoms with Crippen molar-refractivity contribution in [2.75, 3.05) is 44.2 Å². The predicted octanol–water partition coefficient (Wildman–Crippen LogP) is 6.57. The van der Waals surface area contributed by atoms with Crippen LogP contribution >= 0.6 is 23.2 Å². The van der Waals surface area contributed by atoms with Gasteiger partial charge in [-0.3, -0.25) is 9.69 Å². The van der Waals surface area contributed by atoms with Gasteiger partial charge in [0.25, 0.3) is 5.91 Å². The van der Waals surface area contributed by atoms with Crippen molar-refractivity contribution in [2.45, 2.75) is 25.6 Å². The van der Waals surface area contributed by atoms with Gasteiger partial charge in [0, 0.05) is 44.4 Å². The van der Waals surface area contributed by atoms with Gasteiger partial charge in [-0.05, 0) is 44.2 Å². The fourth-order valence-corrected chi connectivity index (χ4v) is 4.94. The summed E-state index contributed by atoms with van der Waals surface area (Å²) in [7, 11) is 0. The van der Waals surface area contributed by atoms with E-state index < -0.39 is 29.8 Å². The molecular weight excluding hydrogens is 601 g/mol. The third-order valence-electron chi connectivity index (χ3n) is 6.43. The fraction of sp³-hybridized carbons (Fsp3) is 0.385. The van der Waals surface area contributed by atoms with Crippen molar-refractivity contribution in [3.05, 3.63) is 63.6 Å². The molecule has 2 aromatic carbocycles. The average molecular weight is 625 g/mol. The Morgan fingerprint density at radius 2 is 1.73 bits per heavy atom. The molecule has 7 nitrogen and oxygen atoms in total. The van der Waals surface area contributed by atoms with Crippen LogP contribution < -0.4 is 15.0 Å². The van der Waals surface area contributed by atoms with Crippen molar-refractivity contribution in [1.29, 1.82) is 0 Å². The zero-order chi connectivity index (χ0) is 29.9. The number of carbonyl (C=O) groups excluding carboxylic acids is 1. The van der Waals surface area contributed by atoms with Crippen LogP contribution in [0.25, 0.3) is 11.3 Å². The minimum atomic E-state index is -5.96. The van der Waals surface area contributed by atoms with E-state index in [0.29, 0.717) is 60.0 Å². The van der Waals surface area contributed by atoms with E-state index in [1.54, 1.807) is 30.0 Å². The number of aromatic nitrogens is 1. The van der Waals surface area contributed by atoms with E-state index in [1.807, 2.05) is 4.90 Å². The normalized spacial score (nSPS) is 14.8. The lowest BCUT2D eigenvalue weighted by Crippen LogP contribution is -2.47. The van der Waals surface area contributed by atoms with Crippen LogP contribution in [0.2, 0.25) is 10.0 Å². The second-order valence-corrected chi connectivity index (χ2v) is 10.0. The summed E-state index contributed by atoms with van der Waals surface area (Å²) in [6, 6.07) is 7.49. The number of ether oxygens (including phenoxy) is 1. The number of aryl methyl sites for hydroxylation is 1. The maximum atomic E-state index is 13.7. The Kier molecular flexibility index (Phi) is 9.29. The average Bonchev–Trinajstić information content (AvgIpc) is 3.27. The van der Waals surface area contributed by atoms with E-state index in [0.717, 1.165) is 12.1 Å². The van der Waals surface area contributed by atoms with Gasteiger partial charge in [0.1, 0.15) is 22.8 Å². The van der Waals surface area contributed by atoms with Crippen molar-refractivity contribution in [3.8, 4) is 17.0 Å². The number of hydrogen-bond donors (Lipinski definition) is 1. The molecule has 0 bridgehead atoms. The van der Waals surface area contributed by atoms with Crippen LogP contribution in [-0.4, -0.2) is 67.5 Å². The molecule has 1 N–H and O–H groups in total. The summed E-state index contributed by atoms with van der Waals surface area (Å²) in [5.41, 5.74) is 0.749. The van der Waals surface area contributed by atoms with Gasteiger partial charge >= 0.3 is 12.3 Å². The highest BCUT2D eigenvalue weighted by Crippen LogP contribution is 2.41. The number of anilines is 1. The van der Waals surface area contributed by atoms with Crippen molar-refractivity contribution >= 4 is 34.8 Å². The quantitative estimate of drug-likeness (QED) is 0.214. The Morgan fingerprint density at radius 3 is 2.37 bits per heavy atom. The standard InChI is InChI=1S/C26H24Cl2F6N4O3/c1-15-21(23(36-41-15)22-17(27)4-2-5-18(22)28)24(39)35-8-3-9-37-10-12-38(13-11-37)19-7-6-16(29)14-20(19)40-26(33,34)25(30,31)32/h2,4-7,14H,3,8-13H2,1H3,(H,35,39). The highest BCUT2D eigenvalue weighted by molar-refractivity contribution is 6.39. The summed E-state index contributed by atoms with van der Waals surface area (Å²) in [6.45, 7) is 3.90. The first-order valence-electron chi connectivity index (χ1n) is 12.4. The minimum absolute atomic E-state index is 0.0687. The molecule has 0 spiro atoms. The van der Waals surface area contributed by atoms with Crippen molar-refractivity contribution in [3.63, 3.8) is 0 Å². The maximum Gasteiger partial charge on any atom is 0.499 e. The number of carbonyl (C=O) groups is 1. The molecule has 2 heterocycles. The van der Waals surface area contributed by atoms with Crippen LogP contribution in [0, 0.1) is 12.7 Å². The Bertz CT molecular complexity index is 1370. The van der Waals surface area contributed by atoms with E-state index in [4.69, 9.17) is 27.7 Å². The first kappa shape index (κ1) is 30.8. The molecular formula is C26H24Cl2F6N4O3. The molecule has 41 heavy (non-hydrogen) atoms. The molecule has 1 saturated heterocycles. The molecule has 4 rings (SSSR count). The van der Waals surface area contributed by atoms with Gasteiger partial charge in [0.05, 0.1) is 15.7 Å². The van der Waals surface area contributed by atoms with E-state index in [1.165, 1.54) is 0 Å². The molecule has 1 amide bonds. The lowest BCUT2D eigenvalue weighted by atomic mass is 10.1. The van der Waals surface area contributed by atoms with Gasteiger partial charge in [-0.15, -0.1) is 0 Å². The number of halogens is 8. The molecule has 1 fully saturated rings. The van der Waals surface area contributed by atoms with Crippen molar-refractivity contribution < 1.29 is 40.4 Å². The van der Waals surface area contributed by atoms with Crippen LogP contribution in [0.1, 0.15) is 22.5 Å². The molecule has 0 unspecified atom stereocenters. The highest BCUT2D eigenvalue weighted by Gasteiger charge is 2.61. The second kappa shape index (κ2) is 12.4. The Balaban J connectivity index is 1.30. The second-order valence-electron chi connectivity index (χ2n) is 9.23. The van der Waals surface area contributed by atoms with Crippen LogP contribution in [-0.2, 0) is 0 Å². The number of rotatable bonds is 9. The molecule has 0 saturated carbocycles. The zero-order valence-electron chi connectivity index (χ0n) is 21.5. The van der Waals surface area contributed by atoms with Crippen molar-refractivity contribution in [2.24, 2.45) is 0 Å². The fourth-order valence-electron chi connectivity index (χ4n) is 4.37. The lowest BCUT2D eigenvalue weighted by Gasteiger charge is -2.37. The molecule has 1 aromatic heterocycles. The third-order valence-corrected chi connectivity index (χ3v) is 7.06.